The highest BCUT2D eigenvalue weighted by Crippen LogP contribution is 2.20. The van der Waals surface area contributed by atoms with Crippen molar-refractivity contribution in [1.82, 2.24) is 0 Å². The van der Waals surface area contributed by atoms with E-state index in [4.69, 9.17) is 4.42 Å². The van der Waals surface area contributed by atoms with Gasteiger partial charge in [-0.05, 0) is 37.5 Å². The Bertz CT molecular complexity index is 468. The van der Waals surface area contributed by atoms with Gasteiger partial charge in [-0.25, -0.2) is 0 Å². The average molecular weight is 288 g/mol. The van der Waals surface area contributed by atoms with Crippen molar-refractivity contribution in [1.29, 1.82) is 0 Å². The lowest BCUT2D eigenvalue weighted by atomic mass is 10.0. The molecule has 0 aromatic carbocycles. The summed E-state index contributed by atoms with van der Waals surface area (Å²) in [5.41, 5.74) is 2.09. The monoisotopic (exact) mass is 288 g/mol. The first-order valence-electron chi connectivity index (χ1n) is 8.54. The fourth-order valence-electron chi connectivity index (χ4n) is 2.95. The zero-order valence-electron chi connectivity index (χ0n) is 13.3. The van der Waals surface area contributed by atoms with E-state index in [-0.39, 0.29) is 5.78 Å². The van der Waals surface area contributed by atoms with Crippen LogP contribution in [0.4, 0.5) is 0 Å². The molecule has 0 fully saturated rings. The van der Waals surface area contributed by atoms with Gasteiger partial charge >= 0.3 is 0 Å². The molecule has 2 nitrogen and oxygen atoms in total. The summed E-state index contributed by atoms with van der Waals surface area (Å²) in [6.07, 6.45) is 16.6. The second-order valence-electron chi connectivity index (χ2n) is 6.28. The van der Waals surface area contributed by atoms with E-state index in [2.05, 4.69) is 6.07 Å². The van der Waals surface area contributed by atoms with Crippen LogP contribution in [-0.4, -0.2) is 5.78 Å². The highest BCUT2D eigenvalue weighted by atomic mass is 16.3. The first-order chi connectivity index (χ1) is 10.3. The molecule has 2 heteroatoms. The van der Waals surface area contributed by atoms with Crippen molar-refractivity contribution in [3.63, 3.8) is 0 Å². The molecule has 116 valence electrons. The maximum atomic E-state index is 12.0. The van der Waals surface area contributed by atoms with Gasteiger partial charge in [-0.15, -0.1) is 0 Å². The van der Waals surface area contributed by atoms with E-state index in [0.29, 0.717) is 6.42 Å². The molecule has 0 aliphatic heterocycles. The minimum Gasteiger partial charge on any atom is -0.469 e. The van der Waals surface area contributed by atoms with Crippen molar-refractivity contribution in [2.45, 2.75) is 77.6 Å². The number of rotatable bonds is 0. The molecule has 1 aromatic heterocycles. The molecule has 0 saturated carbocycles. The molecule has 21 heavy (non-hydrogen) atoms. The molecule has 1 aliphatic carbocycles. The maximum absolute atomic E-state index is 12.0. The first-order valence-corrected chi connectivity index (χ1v) is 8.54. The Labute approximate surface area is 128 Å². The number of carbonyl (C=O) groups is 1. The molecule has 1 heterocycles. The van der Waals surface area contributed by atoms with E-state index in [0.717, 1.165) is 29.7 Å². The molecule has 1 aromatic rings. The quantitative estimate of drug-likeness (QED) is 0.612. The zero-order valence-corrected chi connectivity index (χ0v) is 13.3. The summed E-state index contributed by atoms with van der Waals surface area (Å²) in [5, 5.41) is 0. The molecule has 1 aliphatic rings. The van der Waals surface area contributed by atoms with Gasteiger partial charge in [-0.1, -0.05) is 44.9 Å². The average Bonchev–Trinajstić information content (AvgIpc) is 2.93. The van der Waals surface area contributed by atoms with Gasteiger partial charge in [0.2, 0.25) is 0 Å². The smallest absolute Gasteiger partial charge is 0.155 e. The number of hydrogen-bond acceptors (Lipinski definition) is 2. The lowest BCUT2D eigenvalue weighted by Gasteiger charge is -2.02. The molecule has 0 saturated heterocycles. The van der Waals surface area contributed by atoms with Crippen LogP contribution in [-0.2, 0) is 11.2 Å². The molecule has 0 radical (unpaired) electrons. The van der Waals surface area contributed by atoms with Crippen LogP contribution in [0.1, 0.15) is 82.5 Å². The molecule has 0 unspecified atom stereocenters. The maximum Gasteiger partial charge on any atom is 0.155 e. The van der Waals surface area contributed by atoms with E-state index in [1.807, 2.05) is 6.92 Å². The van der Waals surface area contributed by atoms with Crippen molar-refractivity contribution >= 4 is 11.4 Å². The number of fused-ring (bicyclic) bond motifs is 2. The normalized spacial score (nSPS) is 22.3. The summed E-state index contributed by atoms with van der Waals surface area (Å²) < 4.78 is 5.61. The van der Waals surface area contributed by atoms with Gasteiger partial charge in [0.1, 0.15) is 5.76 Å². The van der Waals surface area contributed by atoms with Crippen LogP contribution in [0.25, 0.3) is 5.57 Å². The third-order valence-electron chi connectivity index (χ3n) is 4.33. The van der Waals surface area contributed by atoms with E-state index in [1.165, 1.54) is 51.4 Å². The van der Waals surface area contributed by atoms with Crippen LogP contribution in [0.3, 0.4) is 0 Å². The standard InChI is InChI=1S/C19H28O2/c1-16-13-18(20)11-9-7-5-3-2-4-6-8-10-12-19-14-17(16)15-21-19/h13-15H,2-12H2,1H3/b16-13+. The van der Waals surface area contributed by atoms with Crippen molar-refractivity contribution < 1.29 is 9.21 Å². The van der Waals surface area contributed by atoms with Crippen LogP contribution in [0.5, 0.6) is 0 Å². The molecule has 2 rings (SSSR count). The van der Waals surface area contributed by atoms with E-state index in [9.17, 15) is 4.79 Å². The summed E-state index contributed by atoms with van der Waals surface area (Å²) >= 11 is 0. The molecular weight excluding hydrogens is 260 g/mol. The molecule has 0 amide bonds. The Hall–Kier alpha value is -1.31. The van der Waals surface area contributed by atoms with Gasteiger partial charge in [0.25, 0.3) is 0 Å². The predicted octanol–water partition coefficient (Wildman–Crippen LogP) is 5.71. The second-order valence-corrected chi connectivity index (χ2v) is 6.28. The topological polar surface area (TPSA) is 30.2 Å². The summed E-state index contributed by atoms with van der Waals surface area (Å²) in [4.78, 5) is 12.0. The first kappa shape index (κ1) is 16.1. The van der Waals surface area contributed by atoms with Crippen molar-refractivity contribution in [2.24, 2.45) is 0 Å². The number of furan rings is 1. The third kappa shape index (κ3) is 5.91. The third-order valence-corrected chi connectivity index (χ3v) is 4.33. The highest BCUT2D eigenvalue weighted by Gasteiger charge is 2.06. The molecule has 2 bridgehead atoms. The number of carbonyl (C=O) groups excluding carboxylic acids is 1. The number of aryl methyl sites for hydroxylation is 1. The summed E-state index contributed by atoms with van der Waals surface area (Å²) in [7, 11) is 0. The minimum absolute atomic E-state index is 0.250. The molecular formula is C19H28O2. The Morgan fingerprint density at radius 1 is 0.857 bits per heavy atom. The highest BCUT2D eigenvalue weighted by molar-refractivity contribution is 5.96. The summed E-state index contributed by atoms with van der Waals surface area (Å²) in [6.45, 7) is 2.00. The van der Waals surface area contributed by atoms with E-state index < -0.39 is 0 Å². The lowest BCUT2D eigenvalue weighted by Crippen LogP contribution is -1.94. The van der Waals surface area contributed by atoms with E-state index in [1.54, 1.807) is 12.3 Å². The predicted molar refractivity (Wildman–Crippen MR) is 87.2 cm³/mol. The van der Waals surface area contributed by atoms with Gasteiger partial charge in [0.15, 0.2) is 5.78 Å². The number of hydrogen-bond donors (Lipinski definition) is 0. The minimum atomic E-state index is 0.250. The van der Waals surface area contributed by atoms with Gasteiger partial charge in [-0.3, -0.25) is 4.79 Å². The number of allylic oxidation sites excluding steroid dienone is 2. The van der Waals surface area contributed by atoms with Gasteiger partial charge in [0, 0.05) is 18.4 Å². The van der Waals surface area contributed by atoms with Gasteiger partial charge < -0.3 is 4.42 Å². The SMILES string of the molecule is C/C1=C\C(=O)CCCCCCCCCCCc2cc1co2. The second kappa shape index (κ2) is 8.86. The van der Waals surface area contributed by atoms with Crippen LogP contribution >= 0.6 is 0 Å². The molecule has 0 atom stereocenters. The van der Waals surface area contributed by atoms with E-state index >= 15 is 0 Å². The largest absolute Gasteiger partial charge is 0.469 e. The lowest BCUT2D eigenvalue weighted by molar-refractivity contribution is -0.114. The summed E-state index contributed by atoms with van der Waals surface area (Å²) in [6, 6.07) is 2.09. The fraction of sp³-hybridized carbons (Fsp3) is 0.632. The van der Waals surface area contributed by atoms with Crippen LogP contribution in [0.2, 0.25) is 0 Å². The van der Waals surface area contributed by atoms with Crippen molar-refractivity contribution in [3.05, 3.63) is 29.7 Å². The fourth-order valence-corrected chi connectivity index (χ4v) is 2.95. The Kier molecular flexibility index (Phi) is 6.78. The van der Waals surface area contributed by atoms with Crippen LogP contribution in [0.15, 0.2) is 22.8 Å². The Morgan fingerprint density at radius 2 is 1.43 bits per heavy atom. The molecule has 0 spiro atoms. The van der Waals surface area contributed by atoms with Crippen molar-refractivity contribution in [2.75, 3.05) is 0 Å². The number of ketones is 1. The van der Waals surface area contributed by atoms with Crippen LogP contribution < -0.4 is 0 Å². The summed E-state index contributed by atoms with van der Waals surface area (Å²) in [5.74, 6) is 1.30. The van der Waals surface area contributed by atoms with Crippen LogP contribution in [0, 0.1) is 0 Å². The Balaban J connectivity index is 1.97. The Morgan fingerprint density at radius 3 is 2.10 bits per heavy atom. The van der Waals surface area contributed by atoms with Gasteiger partial charge in [-0.2, -0.15) is 0 Å². The molecule has 0 N–H and O–H groups in total. The van der Waals surface area contributed by atoms with Gasteiger partial charge in [0.05, 0.1) is 6.26 Å². The van der Waals surface area contributed by atoms with Crippen molar-refractivity contribution in [3.8, 4) is 0 Å². The zero-order chi connectivity index (χ0) is 14.9.